The Labute approximate surface area is 88.9 Å². The largest absolute Gasteiger partial charge is 0.369 e. The van der Waals surface area contributed by atoms with Gasteiger partial charge in [0.05, 0.1) is 5.25 Å². The molecule has 0 heterocycles. The van der Waals surface area contributed by atoms with E-state index >= 15 is 0 Å². The Bertz CT molecular complexity index is 349. The van der Waals surface area contributed by atoms with Crippen LogP contribution < -0.4 is 5.73 Å². The zero-order valence-electron chi connectivity index (χ0n) is 8.70. The van der Waals surface area contributed by atoms with Crippen LogP contribution in [0, 0.1) is 13.8 Å². The number of aryl methyl sites for hydroxylation is 2. The number of hydrogen-bond donors (Lipinski definition) is 1. The van der Waals surface area contributed by atoms with Gasteiger partial charge in [-0.05, 0) is 32.4 Å². The van der Waals surface area contributed by atoms with Gasteiger partial charge in [-0.2, -0.15) is 0 Å². The number of hydrogen-bond acceptors (Lipinski definition) is 2. The van der Waals surface area contributed by atoms with E-state index in [1.54, 1.807) is 0 Å². The van der Waals surface area contributed by atoms with Gasteiger partial charge < -0.3 is 5.73 Å². The van der Waals surface area contributed by atoms with E-state index in [1.807, 2.05) is 20.8 Å². The van der Waals surface area contributed by atoms with Crippen LogP contribution in [0.4, 0.5) is 0 Å². The van der Waals surface area contributed by atoms with Crippen LogP contribution in [0.15, 0.2) is 23.1 Å². The summed E-state index contributed by atoms with van der Waals surface area (Å²) in [6.07, 6.45) is 0. The molecule has 3 heteroatoms. The van der Waals surface area contributed by atoms with Gasteiger partial charge in [0, 0.05) is 4.90 Å². The van der Waals surface area contributed by atoms with Gasteiger partial charge >= 0.3 is 0 Å². The fourth-order valence-electron chi connectivity index (χ4n) is 1.08. The van der Waals surface area contributed by atoms with Crippen molar-refractivity contribution in [3.63, 3.8) is 0 Å². The Morgan fingerprint density at radius 2 is 2.07 bits per heavy atom. The highest BCUT2D eigenvalue weighted by molar-refractivity contribution is 8.00. The van der Waals surface area contributed by atoms with Crippen molar-refractivity contribution in [3.05, 3.63) is 29.3 Å². The maximum absolute atomic E-state index is 10.9. The quantitative estimate of drug-likeness (QED) is 0.776. The Balaban J connectivity index is 2.85. The molecule has 0 fully saturated rings. The highest BCUT2D eigenvalue weighted by Crippen LogP contribution is 2.27. The highest BCUT2D eigenvalue weighted by Gasteiger charge is 2.11. The van der Waals surface area contributed by atoms with E-state index in [2.05, 4.69) is 18.2 Å². The fourth-order valence-corrected chi connectivity index (χ4v) is 2.09. The molecule has 14 heavy (non-hydrogen) atoms. The summed E-state index contributed by atoms with van der Waals surface area (Å²) in [6.45, 7) is 5.91. The second-order valence-corrected chi connectivity index (χ2v) is 4.81. The zero-order chi connectivity index (χ0) is 10.7. The molecule has 1 aromatic carbocycles. The second-order valence-electron chi connectivity index (χ2n) is 3.43. The number of rotatable bonds is 3. The van der Waals surface area contributed by atoms with E-state index in [9.17, 15) is 4.79 Å². The molecule has 1 rings (SSSR count). The number of benzene rings is 1. The first-order chi connectivity index (χ1) is 6.50. The van der Waals surface area contributed by atoms with Gasteiger partial charge in [0.25, 0.3) is 0 Å². The van der Waals surface area contributed by atoms with Gasteiger partial charge in [-0.3, -0.25) is 4.79 Å². The molecular weight excluding hydrogens is 194 g/mol. The molecule has 0 unspecified atom stereocenters. The third-order valence-corrected chi connectivity index (χ3v) is 3.33. The topological polar surface area (TPSA) is 43.1 Å². The van der Waals surface area contributed by atoms with Crippen molar-refractivity contribution in [2.45, 2.75) is 30.9 Å². The zero-order valence-corrected chi connectivity index (χ0v) is 9.52. The van der Waals surface area contributed by atoms with E-state index in [-0.39, 0.29) is 11.2 Å². The predicted molar refractivity (Wildman–Crippen MR) is 60.4 cm³/mol. The number of carbonyl (C=O) groups excluding carboxylic acids is 1. The molecule has 2 nitrogen and oxygen atoms in total. The summed E-state index contributed by atoms with van der Waals surface area (Å²) >= 11 is 1.52. The lowest BCUT2D eigenvalue weighted by molar-refractivity contribution is -0.117. The molecule has 0 spiro atoms. The summed E-state index contributed by atoms with van der Waals surface area (Å²) in [7, 11) is 0. The van der Waals surface area contributed by atoms with Gasteiger partial charge in [-0.1, -0.05) is 17.7 Å². The van der Waals surface area contributed by atoms with E-state index < -0.39 is 0 Å². The third-order valence-electron chi connectivity index (χ3n) is 2.05. The molecule has 0 aliphatic heterocycles. The van der Waals surface area contributed by atoms with Gasteiger partial charge in [-0.15, -0.1) is 11.8 Å². The average molecular weight is 209 g/mol. The third kappa shape index (κ3) is 2.77. The van der Waals surface area contributed by atoms with Crippen LogP contribution in [0.1, 0.15) is 18.1 Å². The first-order valence-electron chi connectivity index (χ1n) is 4.54. The van der Waals surface area contributed by atoms with Crippen LogP contribution in [-0.2, 0) is 4.79 Å². The molecule has 76 valence electrons. The van der Waals surface area contributed by atoms with Crippen molar-refractivity contribution in [1.29, 1.82) is 0 Å². The summed E-state index contributed by atoms with van der Waals surface area (Å²) < 4.78 is 0. The van der Waals surface area contributed by atoms with Crippen molar-refractivity contribution in [2.75, 3.05) is 0 Å². The van der Waals surface area contributed by atoms with Crippen LogP contribution in [0.3, 0.4) is 0 Å². The Kier molecular flexibility index (Phi) is 3.58. The molecule has 0 aromatic heterocycles. The standard InChI is InChI=1S/C11H15NOS/c1-7-4-5-8(2)10(6-7)14-9(3)11(12)13/h4-6,9H,1-3H3,(H2,12,13)/t9-/m0/s1. The van der Waals surface area contributed by atoms with Crippen molar-refractivity contribution in [1.82, 2.24) is 0 Å². The maximum atomic E-state index is 10.9. The van der Waals surface area contributed by atoms with E-state index in [4.69, 9.17) is 5.73 Å². The monoisotopic (exact) mass is 209 g/mol. The smallest absolute Gasteiger partial charge is 0.230 e. The lowest BCUT2D eigenvalue weighted by atomic mass is 10.2. The van der Waals surface area contributed by atoms with Crippen molar-refractivity contribution in [2.24, 2.45) is 5.73 Å². The summed E-state index contributed by atoms with van der Waals surface area (Å²) in [5.74, 6) is -0.268. The first kappa shape index (κ1) is 11.1. The van der Waals surface area contributed by atoms with Crippen molar-refractivity contribution < 1.29 is 4.79 Å². The van der Waals surface area contributed by atoms with E-state index in [0.29, 0.717) is 0 Å². The van der Waals surface area contributed by atoms with E-state index in [1.165, 1.54) is 22.9 Å². The van der Waals surface area contributed by atoms with Crippen LogP contribution in [0.25, 0.3) is 0 Å². The summed E-state index contributed by atoms with van der Waals surface area (Å²) in [5.41, 5.74) is 7.60. The Morgan fingerprint density at radius 1 is 1.43 bits per heavy atom. The van der Waals surface area contributed by atoms with Crippen LogP contribution in [-0.4, -0.2) is 11.2 Å². The van der Waals surface area contributed by atoms with Gasteiger partial charge in [0.15, 0.2) is 0 Å². The molecule has 0 saturated carbocycles. The number of nitrogens with two attached hydrogens (primary N) is 1. The number of thioether (sulfide) groups is 1. The van der Waals surface area contributed by atoms with Crippen LogP contribution in [0.2, 0.25) is 0 Å². The van der Waals surface area contributed by atoms with Crippen LogP contribution >= 0.6 is 11.8 Å². The summed E-state index contributed by atoms with van der Waals surface area (Å²) in [5, 5.41) is -0.171. The Morgan fingerprint density at radius 3 is 2.64 bits per heavy atom. The van der Waals surface area contributed by atoms with Gasteiger partial charge in [0.1, 0.15) is 0 Å². The maximum Gasteiger partial charge on any atom is 0.230 e. The van der Waals surface area contributed by atoms with Crippen molar-refractivity contribution in [3.8, 4) is 0 Å². The van der Waals surface area contributed by atoms with Gasteiger partial charge in [0.2, 0.25) is 5.91 Å². The van der Waals surface area contributed by atoms with E-state index in [0.717, 1.165) is 4.90 Å². The number of primary amides is 1. The molecule has 2 N–H and O–H groups in total. The lowest BCUT2D eigenvalue weighted by Gasteiger charge is -2.10. The van der Waals surface area contributed by atoms with Gasteiger partial charge in [-0.25, -0.2) is 0 Å². The average Bonchev–Trinajstić information content (AvgIpc) is 2.11. The normalized spacial score (nSPS) is 12.5. The fraction of sp³-hybridized carbons (Fsp3) is 0.364. The minimum Gasteiger partial charge on any atom is -0.369 e. The molecule has 0 saturated heterocycles. The number of carbonyl (C=O) groups is 1. The molecule has 0 aliphatic rings. The summed E-state index contributed by atoms with van der Waals surface area (Å²) in [4.78, 5) is 12.0. The molecular formula is C11H15NOS. The minimum absolute atomic E-state index is 0.171. The molecule has 0 bridgehead atoms. The number of amides is 1. The first-order valence-corrected chi connectivity index (χ1v) is 5.42. The molecule has 1 amide bonds. The minimum atomic E-state index is -0.268. The second kappa shape index (κ2) is 4.51. The van der Waals surface area contributed by atoms with Crippen molar-refractivity contribution >= 4 is 17.7 Å². The molecule has 0 radical (unpaired) electrons. The molecule has 0 aliphatic carbocycles. The predicted octanol–water partition coefficient (Wildman–Crippen LogP) is 2.27. The SMILES string of the molecule is Cc1ccc(C)c(S[C@@H](C)C(N)=O)c1. The molecule has 1 atom stereocenters. The summed E-state index contributed by atoms with van der Waals surface area (Å²) in [6, 6.07) is 6.21. The van der Waals surface area contributed by atoms with Crippen LogP contribution in [0.5, 0.6) is 0 Å². The molecule has 1 aromatic rings. The highest BCUT2D eigenvalue weighted by atomic mass is 32.2. The lowest BCUT2D eigenvalue weighted by Crippen LogP contribution is -2.22. The Hall–Kier alpha value is -0.960.